The Kier molecular flexibility index (Phi) is 2.68. The number of nitrogens with zero attached hydrogens (tertiary/aromatic N) is 1. The van der Waals surface area contributed by atoms with Gasteiger partial charge in [-0.2, -0.15) is 0 Å². The molecule has 0 radical (unpaired) electrons. The van der Waals surface area contributed by atoms with Crippen molar-refractivity contribution in [3.05, 3.63) is 39.7 Å². The molecular formula is C11H11NO2S. The lowest BCUT2D eigenvalue weighted by Gasteiger charge is -1.95. The minimum atomic E-state index is -0.00755. The summed E-state index contributed by atoms with van der Waals surface area (Å²) in [6.07, 6.45) is 1.86. The molecule has 2 heterocycles. The second-order valence-electron chi connectivity index (χ2n) is 3.42. The number of carbonyl (C=O) groups is 1. The number of thiazole rings is 1. The van der Waals surface area contributed by atoms with Crippen molar-refractivity contribution in [3.8, 4) is 0 Å². The summed E-state index contributed by atoms with van der Waals surface area (Å²) >= 11 is 1.51. The van der Waals surface area contributed by atoms with Crippen LogP contribution in [0.25, 0.3) is 0 Å². The third-order valence-electron chi connectivity index (χ3n) is 2.09. The van der Waals surface area contributed by atoms with Crippen LogP contribution in [-0.4, -0.2) is 10.8 Å². The largest absolute Gasteiger partial charge is 0.461 e. The van der Waals surface area contributed by atoms with Crippen molar-refractivity contribution in [2.24, 2.45) is 0 Å². The molecule has 0 saturated carbocycles. The molecule has 0 atom stereocenters. The number of hydrogen-bond acceptors (Lipinski definition) is 4. The van der Waals surface area contributed by atoms with Crippen LogP contribution in [0, 0.1) is 13.8 Å². The smallest absolute Gasteiger partial charge is 0.205 e. The van der Waals surface area contributed by atoms with E-state index in [1.807, 2.05) is 19.2 Å². The Morgan fingerprint density at radius 3 is 2.87 bits per heavy atom. The van der Waals surface area contributed by atoms with Gasteiger partial charge in [0.25, 0.3) is 0 Å². The van der Waals surface area contributed by atoms with Gasteiger partial charge in [0.05, 0.1) is 12.7 Å². The number of aryl methyl sites for hydroxylation is 2. The van der Waals surface area contributed by atoms with Gasteiger partial charge in [-0.05, 0) is 25.5 Å². The number of Topliss-reactive ketones (excluding diaryl/α,β-unsaturated/α-hetero) is 1. The second-order valence-corrected chi connectivity index (χ2v) is 4.36. The van der Waals surface area contributed by atoms with Crippen LogP contribution in [0.2, 0.25) is 0 Å². The molecule has 2 aromatic heterocycles. The number of aromatic nitrogens is 1. The van der Waals surface area contributed by atoms with Crippen molar-refractivity contribution >= 4 is 17.1 Å². The van der Waals surface area contributed by atoms with Gasteiger partial charge in [0.15, 0.2) is 5.76 Å². The average molecular weight is 221 g/mol. The van der Waals surface area contributed by atoms with Crippen LogP contribution in [0.1, 0.15) is 26.8 Å². The lowest BCUT2D eigenvalue weighted by Crippen LogP contribution is -2.03. The molecule has 2 rings (SSSR count). The van der Waals surface area contributed by atoms with E-state index in [4.69, 9.17) is 4.42 Å². The van der Waals surface area contributed by atoms with Gasteiger partial charge in [-0.1, -0.05) is 0 Å². The van der Waals surface area contributed by atoms with E-state index >= 15 is 0 Å². The standard InChI is InChI=1S/C11H11NO2S/c1-7-3-4-14-11(7)9(13)5-10-12-8(2)6-15-10/h3-4,6H,5H2,1-2H3. The molecule has 0 N–H and O–H groups in total. The van der Waals surface area contributed by atoms with Crippen molar-refractivity contribution in [2.45, 2.75) is 20.3 Å². The number of hydrogen-bond donors (Lipinski definition) is 0. The Hall–Kier alpha value is -1.42. The quantitative estimate of drug-likeness (QED) is 0.748. The fourth-order valence-corrected chi connectivity index (χ4v) is 2.13. The number of furan rings is 1. The molecule has 0 aliphatic carbocycles. The SMILES string of the molecule is Cc1csc(CC(=O)c2occc2C)n1. The van der Waals surface area contributed by atoms with Gasteiger partial charge in [0.1, 0.15) is 5.01 Å². The number of carbonyl (C=O) groups excluding carboxylic acids is 1. The van der Waals surface area contributed by atoms with Crippen molar-refractivity contribution in [3.63, 3.8) is 0 Å². The van der Waals surface area contributed by atoms with E-state index in [-0.39, 0.29) is 5.78 Å². The van der Waals surface area contributed by atoms with Gasteiger partial charge >= 0.3 is 0 Å². The maximum absolute atomic E-state index is 11.8. The molecular weight excluding hydrogens is 210 g/mol. The summed E-state index contributed by atoms with van der Waals surface area (Å²) < 4.78 is 5.13. The highest BCUT2D eigenvalue weighted by Gasteiger charge is 2.14. The second kappa shape index (κ2) is 3.98. The predicted molar refractivity (Wildman–Crippen MR) is 58.3 cm³/mol. The normalized spacial score (nSPS) is 10.5. The van der Waals surface area contributed by atoms with Crippen LogP contribution in [0.4, 0.5) is 0 Å². The molecule has 0 aliphatic heterocycles. The molecule has 0 saturated heterocycles. The van der Waals surface area contributed by atoms with E-state index in [2.05, 4.69) is 4.98 Å². The fraction of sp³-hybridized carbons (Fsp3) is 0.273. The summed E-state index contributed by atoms with van der Waals surface area (Å²) in [6.45, 7) is 3.78. The maximum atomic E-state index is 11.8. The Balaban J connectivity index is 2.14. The van der Waals surface area contributed by atoms with Crippen LogP contribution in [-0.2, 0) is 6.42 Å². The molecule has 15 heavy (non-hydrogen) atoms. The Morgan fingerprint density at radius 1 is 1.53 bits per heavy atom. The number of ketones is 1. The van der Waals surface area contributed by atoms with Crippen molar-refractivity contribution in [2.75, 3.05) is 0 Å². The van der Waals surface area contributed by atoms with Gasteiger partial charge < -0.3 is 4.42 Å². The van der Waals surface area contributed by atoms with Gasteiger partial charge in [0, 0.05) is 11.1 Å². The van der Waals surface area contributed by atoms with Crippen LogP contribution in [0.3, 0.4) is 0 Å². The highest BCUT2D eigenvalue weighted by Crippen LogP contribution is 2.15. The number of rotatable bonds is 3. The minimum Gasteiger partial charge on any atom is -0.461 e. The average Bonchev–Trinajstić information content (AvgIpc) is 2.75. The summed E-state index contributed by atoms with van der Waals surface area (Å²) in [4.78, 5) is 16.0. The van der Waals surface area contributed by atoms with E-state index < -0.39 is 0 Å². The highest BCUT2D eigenvalue weighted by molar-refractivity contribution is 7.09. The molecule has 3 nitrogen and oxygen atoms in total. The first-order chi connectivity index (χ1) is 7.16. The summed E-state index contributed by atoms with van der Waals surface area (Å²) in [6, 6.07) is 1.79. The lowest BCUT2D eigenvalue weighted by molar-refractivity contribution is 0.0965. The molecule has 0 bridgehead atoms. The van der Waals surface area contributed by atoms with Crippen molar-refractivity contribution in [1.82, 2.24) is 4.98 Å². The Bertz CT molecular complexity index is 484. The minimum absolute atomic E-state index is 0.00755. The molecule has 4 heteroatoms. The van der Waals surface area contributed by atoms with E-state index in [0.29, 0.717) is 12.2 Å². The zero-order chi connectivity index (χ0) is 10.8. The maximum Gasteiger partial charge on any atom is 0.205 e. The summed E-state index contributed by atoms with van der Waals surface area (Å²) in [5.41, 5.74) is 1.84. The lowest BCUT2D eigenvalue weighted by atomic mass is 10.2. The summed E-state index contributed by atoms with van der Waals surface area (Å²) in [5, 5.41) is 2.78. The molecule has 78 valence electrons. The molecule has 0 aromatic carbocycles. The molecule has 0 spiro atoms. The zero-order valence-electron chi connectivity index (χ0n) is 8.61. The molecule has 2 aromatic rings. The van der Waals surface area contributed by atoms with Crippen LogP contribution in [0.5, 0.6) is 0 Å². The van der Waals surface area contributed by atoms with Crippen LogP contribution in [0.15, 0.2) is 22.1 Å². The third kappa shape index (κ3) is 2.15. The van der Waals surface area contributed by atoms with Crippen molar-refractivity contribution in [1.29, 1.82) is 0 Å². The molecule has 0 aliphatic rings. The van der Waals surface area contributed by atoms with Crippen LogP contribution < -0.4 is 0 Å². The fourth-order valence-electron chi connectivity index (χ4n) is 1.36. The zero-order valence-corrected chi connectivity index (χ0v) is 9.43. The van der Waals surface area contributed by atoms with E-state index in [9.17, 15) is 4.79 Å². The highest BCUT2D eigenvalue weighted by atomic mass is 32.1. The first-order valence-electron chi connectivity index (χ1n) is 4.65. The van der Waals surface area contributed by atoms with Crippen LogP contribution >= 0.6 is 11.3 Å². The van der Waals surface area contributed by atoms with E-state index in [0.717, 1.165) is 16.3 Å². The van der Waals surface area contributed by atoms with Gasteiger partial charge in [0.2, 0.25) is 5.78 Å². The van der Waals surface area contributed by atoms with Gasteiger partial charge in [-0.3, -0.25) is 4.79 Å². The molecule has 0 amide bonds. The first kappa shape index (κ1) is 10.1. The third-order valence-corrected chi connectivity index (χ3v) is 3.06. The van der Waals surface area contributed by atoms with Crippen molar-refractivity contribution < 1.29 is 9.21 Å². The predicted octanol–water partition coefficient (Wildman–Crippen LogP) is 2.78. The summed E-state index contributed by atoms with van der Waals surface area (Å²) in [5.74, 6) is 0.440. The Morgan fingerprint density at radius 2 is 2.33 bits per heavy atom. The molecule has 0 unspecified atom stereocenters. The van der Waals surface area contributed by atoms with E-state index in [1.54, 1.807) is 6.07 Å². The van der Waals surface area contributed by atoms with Gasteiger partial charge in [-0.25, -0.2) is 4.98 Å². The first-order valence-corrected chi connectivity index (χ1v) is 5.53. The van der Waals surface area contributed by atoms with Gasteiger partial charge in [-0.15, -0.1) is 11.3 Å². The topological polar surface area (TPSA) is 43.1 Å². The molecule has 0 fully saturated rings. The Labute approximate surface area is 91.8 Å². The summed E-state index contributed by atoms with van der Waals surface area (Å²) in [7, 11) is 0. The monoisotopic (exact) mass is 221 g/mol. The van der Waals surface area contributed by atoms with E-state index in [1.165, 1.54) is 17.6 Å².